The largest absolute Gasteiger partial charge is 0.319 e. The predicted octanol–water partition coefficient (Wildman–Crippen LogP) is 2.12. The van der Waals surface area contributed by atoms with E-state index in [9.17, 15) is 4.79 Å². The van der Waals surface area contributed by atoms with Crippen molar-refractivity contribution in [1.82, 2.24) is 5.32 Å². The lowest BCUT2D eigenvalue weighted by Gasteiger charge is -2.34. The van der Waals surface area contributed by atoms with Gasteiger partial charge in [0.25, 0.3) is 0 Å². The first kappa shape index (κ1) is 12.5. The zero-order valence-electron chi connectivity index (χ0n) is 10.3. The minimum Gasteiger partial charge on any atom is -0.319 e. The van der Waals surface area contributed by atoms with Crippen molar-refractivity contribution in [2.75, 3.05) is 24.2 Å². The van der Waals surface area contributed by atoms with E-state index in [1.807, 2.05) is 41.9 Å². The van der Waals surface area contributed by atoms with Crippen LogP contribution in [0.3, 0.4) is 0 Å². The highest BCUT2D eigenvalue weighted by molar-refractivity contribution is 7.99. The first-order valence-electron chi connectivity index (χ1n) is 5.92. The Morgan fingerprint density at radius 1 is 1.53 bits per heavy atom. The van der Waals surface area contributed by atoms with Gasteiger partial charge in [0.05, 0.1) is 5.69 Å². The molecule has 2 rings (SSSR count). The standard InChI is InChI=1S/C13H18N2OS/c1-10-9-17-12-6-4-3-5-11(12)15(10)13(16)7-8-14-2/h3-6,10,14H,7-9H2,1-2H3. The van der Waals surface area contributed by atoms with Crippen LogP contribution in [0.15, 0.2) is 29.2 Å². The maximum absolute atomic E-state index is 12.2. The molecule has 0 bridgehead atoms. The molecule has 1 unspecified atom stereocenters. The third-order valence-electron chi connectivity index (χ3n) is 2.90. The minimum atomic E-state index is 0.208. The highest BCUT2D eigenvalue weighted by atomic mass is 32.2. The van der Waals surface area contributed by atoms with Crippen molar-refractivity contribution in [1.29, 1.82) is 0 Å². The number of para-hydroxylation sites is 1. The molecule has 4 heteroatoms. The van der Waals surface area contributed by atoms with Crippen LogP contribution in [0, 0.1) is 0 Å². The Bertz CT molecular complexity index is 408. The van der Waals surface area contributed by atoms with Crippen molar-refractivity contribution in [3.05, 3.63) is 24.3 Å². The molecule has 1 atom stereocenters. The molecule has 1 aromatic carbocycles. The molecule has 1 aromatic rings. The number of anilines is 1. The van der Waals surface area contributed by atoms with Gasteiger partial charge < -0.3 is 10.2 Å². The molecule has 0 aliphatic carbocycles. The van der Waals surface area contributed by atoms with E-state index in [2.05, 4.69) is 18.3 Å². The lowest BCUT2D eigenvalue weighted by Crippen LogP contribution is -2.43. The minimum absolute atomic E-state index is 0.208. The summed E-state index contributed by atoms with van der Waals surface area (Å²) in [7, 11) is 1.87. The molecular weight excluding hydrogens is 232 g/mol. The molecule has 17 heavy (non-hydrogen) atoms. The number of thioether (sulfide) groups is 1. The molecule has 0 fully saturated rings. The number of nitrogens with one attached hydrogen (secondary N) is 1. The molecule has 1 amide bonds. The van der Waals surface area contributed by atoms with Crippen molar-refractivity contribution >= 4 is 23.4 Å². The van der Waals surface area contributed by atoms with Crippen LogP contribution in [0.5, 0.6) is 0 Å². The number of hydrogen-bond acceptors (Lipinski definition) is 3. The quantitative estimate of drug-likeness (QED) is 0.892. The van der Waals surface area contributed by atoms with Gasteiger partial charge in [0.1, 0.15) is 0 Å². The first-order valence-corrected chi connectivity index (χ1v) is 6.91. The maximum Gasteiger partial charge on any atom is 0.228 e. The van der Waals surface area contributed by atoms with E-state index in [0.29, 0.717) is 6.42 Å². The summed E-state index contributed by atoms with van der Waals surface area (Å²) >= 11 is 1.83. The number of rotatable bonds is 3. The molecule has 0 saturated carbocycles. The fraction of sp³-hybridized carbons (Fsp3) is 0.462. The summed E-state index contributed by atoms with van der Waals surface area (Å²) in [5.74, 6) is 1.18. The Morgan fingerprint density at radius 2 is 2.29 bits per heavy atom. The molecule has 0 saturated heterocycles. The number of hydrogen-bond donors (Lipinski definition) is 1. The third kappa shape index (κ3) is 2.64. The van der Waals surface area contributed by atoms with Crippen molar-refractivity contribution in [2.24, 2.45) is 0 Å². The average molecular weight is 250 g/mol. The maximum atomic E-state index is 12.2. The van der Waals surface area contributed by atoms with E-state index >= 15 is 0 Å². The molecule has 1 heterocycles. The van der Waals surface area contributed by atoms with Crippen molar-refractivity contribution < 1.29 is 4.79 Å². The number of nitrogens with zero attached hydrogens (tertiary/aromatic N) is 1. The van der Waals surface area contributed by atoms with Crippen LogP contribution in [-0.4, -0.2) is 31.3 Å². The zero-order chi connectivity index (χ0) is 12.3. The van der Waals surface area contributed by atoms with E-state index in [-0.39, 0.29) is 11.9 Å². The SMILES string of the molecule is CNCCC(=O)N1c2ccccc2SCC1C. The topological polar surface area (TPSA) is 32.3 Å². The number of carbonyl (C=O) groups excluding carboxylic acids is 1. The van der Waals surface area contributed by atoms with Gasteiger partial charge in [0, 0.05) is 29.7 Å². The highest BCUT2D eigenvalue weighted by Crippen LogP contribution is 2.37. The number of benzene rings is 1. The summed E-state index contributed by atoms with van der Waals surface area (Å²) < 4.78 is 0. The van der Waals surface area contributed by atoms with Gasteiger partial charge in [0.15, 0.2) is 0 Å². The summed E-state index contributed by atoms with van der Waals surface area (Å²) in [5, 5.41) is 3.02. The van der Waals surface area contributed by atoms with E-state index in [1.54, 1.807) is 0 Å². The number of carbonyl (C=O) groups is 1. The summed E-state index contributed by atoms with van der Waals surface area (Å²) in [6.07, 6.45) is 0.555. The van der Waals surface area contributed by atoms with Crippen LogP contribution in [-0.2, 0) is 4.79 Å². The molecule has 1 N–H and O–H groups in total. The van der Waals surface area contributed by atoms with Gasteiger partial charge in [0.2, 0.25) is 5.91 Å². The van der Waals surface area contributed by atoms with Gasteiger partial charge in [-0.3, -0.25) is 4.79 Å². The van der Waals surface area contributed by atoms with Crippen LogP contribution < -0.4 is 10.2 Å². The molecule has 1 aliphatic rings. The van der Waals surface area contributed by atoms with Crippen LogP contribution in [0.1, 0.15) is 13.3 Å². The van der Waals surface area contributed by atoms with Gasteiger partial charge in [-0.15, -0.1) is 11.8 Å². The zero-order valence-corrected chi connectivity index (χ0v) is 11.1. The van der Waals surface area contributed by atoms with Crippen molar-refractivity contribution in [3.8, 4) is 0 Å². The van der Waals surface area contributed by atoms with E-state index in [1.165, 1.54) is 4.90 Å². The average Bonchev–Trinajstić information content (AvgIpc) is 2.35. The molecule has 1 aliphatic heterocycles. The smallest absolute Gasteiger partial charge is 0.228 e. The lowest BCUT2D eigenvalue weighted by molar-refractivity contribution is -0.118. The van der Waals surface area contributed by atoms with Gasteiger partial charge >= 0.3 is 0 Å². The summed E-state index contributed by atoms with van der Waals surface area (Å²) in [6, 6.07) is 8.42. The van der Waals surface area contributed by atoms with Crippen LogP contribution in [0.4, 0.5) is 5.69 Å². The summed E-state index contributed by atoms with van der Waals surface area (Å²) in [4.78, 5) is 15.4. The lowest BCUT2D eigenvalue weighted by atomic mass is 10.2. The Hall–Kier alpha value is -1.00. The molecule has 0 radical (unpaired) electrons. The van der Waals surface area contributed by atoms with Gasteiger partial charge in [-0.2, -0.15) is 0 Å². The fourth-order valence-corrected chi connectivity index (χ4v) is 3.09. The molecule has 92 valence electrons. The van der Waals surface area contributed by atoms with Crippen molar-refractivity contribution in [3.63, 3.8) is 0 Å². The summed E-state index contributed by atoms with van der Waals surface area (Å²) in [6.45, 7) is 2.84. The summed E-state index contributed by atoms with van der Waals surface area (Å²) in [5.41, 5.74) is 1.07. The number of fused-ring (bicyclic) bond motifs is 1. The molecular formula is C13H18N2OS. The van der Waals surface area contributed by atoms with E-state index in [4.69, 9.17) is 0 Å². The number of amides is 1. The fourth-order valence-electron chi connectivity index (χ4n) is 2.03. The Balaban J connectivity index is 2.23. The normalized spacial score (nSPS) is 18.9. The highest BCUT2D eigenvalue weighted by Gasteiger charge is 2.27. The molecule has 3 nitrogen and oxygen atoms in total. The Labute approximate surface area is 107 Å². The predicted molar refractivity (Wildman–Crippen MR) is 72.7 cm³/mol. The van der Waals surface area contributed by atoms with E-state index < -0.39 is 0 Å². The first-order chi connectivity index (χ1) is 8.24. The Morgan fingerprint density at radius 3 is 3.06 bits per heavy atom. The van der Waals surface area contributed by atoms with Gasteiger partial charge in [-0.25, -0.2) is 0 Å². The van der Waals surface area contributed by atoms with Crippen LogP contribution in [0.2, 0.25) is 0 Å². The van der Waals surface area contributed by atoms with Crippen molar-refractivity contribution in [2.45, 2.75) is 24.3 Å². The monoisotopic (exact) mass is 250 g/mol. The Kier molecular flexibility index (Phi) is 4.07. The second-order valence-corrected chi connectivity index (χ2v) is 5.31. The van der Waals surface area contributed by atoms with Gasteiger partial charge in [-0.1, -0.05) is 12.1 Å². The van der Waals surface area contributed by atoms with Gasteiger partial charge in [-0.05, 0) is 26.1 Å². The second-order valence-electron chi connectivity index (χ2n) is 4.25. The van der Waals surface area contributed by atoms with Crippen LogP contribution in [0.25, 0.3) is 0 Å². The van der Waals surface area contributed by atoms with E-state index in [0.717, 1.165) is 18.0 Å². The second kappa shape index (κ2) is 5.56. The molecule has 0 spiro atoms. The molecule has 0 aromatic heterocycles. The van der Waals surface area contributed by atoms with Crippen LogP contribution >= 0.6 is 11.8 Å². The third-order valence-corrected chi connectivity index (χ3v) is 4.21.